The van der Waals surface area contributed by atoms with E-state index in [-0.39, 0.29) is 21.8 Å². The predicted octanol–water partition coefficient (Wildman–Crippen LogP) is 3.46. The summed E-state index contributed by atoms with van der Waals surface area (Å²) in [6.07, 6.45) is 1.21. The number of aromatic nitrogens is 2. The first-order valence-electron chi connectivity index (χ1n) is 5.98. The van der Waals surface area contributed by atoms with Crippen molar-refractivity contribution in [3.8, 4) is 0 Å². The van der Waals surface area contributed by atoms with Crippen LogP contribution in [0.4, 0.5) is 27.4 Å². The normalized spacial score (nSPS) is 10.2. The van der Waals surface area contributed by atoms with Crippen LogP contribution in [0.5, 0.6) is 0 Å². The lowest BCUT2D eigenvalue weighted by atomic mass is 10.3. The molecule has 2 N–H and O–H groups in total. The summed E-state index contributed by atoms with van der Waals surface area (Å²) in [4.78, 5) is 18.4. The summed E-state index contributed by atoms with van der Waals surface area (Å²) in [7, 11) is 0. The Kier molecular flexibility index (Phi) is 4.63. The molecule has 7 nitrogen and oxygen atoms in total. The molecule has 0 saturated carbocycles. The molecule has 2 rings (SSSR count). The van der Waals surface area contributed by atoms with Gasteiger partial charge in [-0.2, -0.15) is 0 Å². The minimum Gasteiger partial charge on any atom is -0.364 e. The van der Waals surface area contributed by atoms with Gasteiger partial charge < -0.3 is 10.6 Å². The zero-order valence-corrected chi connectivity index (χ0v) is 12.5. The Morgan fingerprint density at radius 3 is 2.71 bits per heavy atom. The summed E-state index contributed by atoms with van der Waals surface area (Å²) >= 11 is 3.05. The van der Waals surface area contributed by atoms with Crippen molar-refractivity contribution in [1.82, 2.24) is 9.97 Å². The number of halogens is 2. The molecule has 1 aromatic carbocycles. The zero-order valence-electron chi connectivity index (χ0n) is 10.9. The van der Waals surface area contributed by atoms with Crippen molar-refractivity contribution in [3.05, 3.63) is 44.9 Å². The molecule has 0 unspecified atom stereocenters. The van der Waals surface area contributed by atoms with Gasteiger partial charge in [-0.1, -0.05) is 0 Å². The molecule has 9 heteroatoms. The lowest BCUT2D eigenvalue weighted by Crippen LogP contribution is -2.07. The van der Waals surface area contributed by atoms with Gasteiger partial charge in [-0.3, -0.25) is 10.1 Å². The van der Waals surface area contributed by atoms with Gasteiger partial charge in [0.25, 0.3) is 0 Å². The molecule has 21 heavy (non-hydrogen) atoms. The van der Waals surface area contributed by atoms with Crippen LogP contribution in [-0.2, 0) is 0 Å². The van der Waals surface area contributed by atoms with E-state index in [2.05, 4.69) is 36.5 Å². The Balaban J connectivity index is 2.41. The lowest BCUT2D eigenvalue weighted by molar-refractivity contribution is -0.383. The minimum absolute atomic E-state index is 0.0319. The molecule has 0 atom stereocenters. The van der Waals surface area contributed by atoms with Crippen molar-refractivity contribution >= 4 is 38.9 Å². The van der Waals surface area contributed by atoms with E-state index in [0.717, 1.165) is 0 Å². The fourth-order valence-electron chi connectivity index (χ4n) is 1.65. The van der Waals surface area contributed by atoms with Crippen LogP contribution >= 0.6 is 15.9 Å². The highest BCUT2D eigenvalue weighted by molar-refractivity contribution is 9.10. The van der Waals surface area contributed by atoms with E-state index < -0.39 is 10.7 Å². The van der Waals surface area contributed by atoms with Crippen molar-refractivity contribution in [3.63, 3.8) is 0 Å². The van der Waals surface area contributed by atoms with Gasteiger partial charge in [-0.25, -0.2) is 14.4 Å². The second-order valence-corrected chi connectivity index (χ2v) is 4.82. The first kappa shape index (κ1) is 15.1. The predicted molar refractivity (Wildman–Crippen MR) is 80.2 cm³/mol. The summed E-state index contributed by atoms with van der Waals surface area (Å²) in [5, 5.41) is 16.8. The molecule has 0 aliphatic rings. The topological polar surface area (TPSA) is 93.0 Å². The molecule has 2 aromatic rings. The Labute approximate surface area is 127 Å². The maximum atomic E-state index is 13.2. The van der Waals surface area contributed by atoms with Crippen LogP contribution in [0, 0.1) is 15.9 Å². The molecule has 0 spiro atoms. The number of nitro groups is 1. The van der Waals surface area contributed by atoms with Crippen molar-refractivity contribution in [2.45, 2.75) is 6.92 Å². The van der Waals surface area contributed by atoms with E-state index in [9.17, 15) is 14.5 Å². The second kappa shape index (κ2) is 6.44. The fraction of sp³-hybridized carbons (Fsp3) is 0.167. The highest BCUT2D eigenvalue weighted by Crippen LogP contribution is 2.31. The Morgan fingerprint density at radius 2 is 2.10 bits per heavy atom. The molecule has 0 amide bonds. The van der Waals surface area contributed by atoms with Crippen molar-refractivity contribution in [1.29, 1.82) is 0 Å². The third-order valence-corrected chi connectivity index (χ3v) is 3.14. The number of anilines is 3. The van der Waals surface area contributed by atoms with Gasteiger partial charge in [0.15, 0.2) is 0 Å². The average Bonchev–Trinajstić information content (AvgIpc) is 2.43. The zero-order chi connectivity index (χ0) is 15.4. The maximum absolute atomic E-state index is 13.2. The van der Waals surface area contributed by atoms with Crippen LogP contribution in [-0.4, -0.2) is 21.4 Å². The van der Waals surface area contributed by atoms with Gasteiger partial charge in [0.1, 0.15) is 12.1 Å². The van der Waals surface area contributed by atoms with E-state index in [1.165, 1.54) is 24.5 Å². The number of nitrogens with zero attached hydrogens (tertiary/aromatic N) is 3. The maximum Gasteiger partial charge on any atom is 0.353 e. The summed E-state index contributed by atoms with van der Waals surface area (Å²) < 4.78 is 13.4. The molecule has 1 heterocycles. The quantitative estimate of drug-likeness (QED) is 0.630. The highest BCUT2D eigenvalue weighted by atomic mass is 79.9. The monoisotopic (exact) mass is 355 g/mol. The molecular formula is C12H11BrFN5O2. The molecule has 110 valence electrons. The average molecular weight is 356 g/mol. The molecule has 0 radical (unpaired) electrons. The van der Waals surface area contributed by atoms with Crippen molar-refractivity contribution < 1.29 is 9.31 Å². The van der Waals surface area contributed by atoms with Crippen LogP contribution in [0.3, 0.4) is 0 Å². The van der Waals surface area contributed by atoms with Crippen molar-refractivity contribution in [2.24, 2.45) is 0 Å². The van der Waals surface area contributed by atoms with E-state index in [1.54, 1.807) is 6.92 Å². The van der Waals surface area contributed by atoms with Gasteiger partial charge in [0.2, 0.25) is 11.6 Å². The number of rotatable bonds is 5. The minimum atomic E-state index is -0.571. The highest BCUT2D eigenvalue weighted by Gasteiger charge is 2.22. The van der Waals surface area contributed by atoms with E-state index in [1.807, 2.05) is 0 Å². The molecule has 0 aliphatic heterocycles. The Hall–Kier alpha value is -2.29. The van der Waals surface area contributed by atoms with E-state index in [4.69, 9.17) is 0 Å². The van der Waals surface area contributed by atoms with Crippen LogP contribution in [0.15, 0.2) is 29.0 Å². The molecular weight excluding hydrogens is 345 g/mol. The smallest absolute Gasteiger partial charge is 0.353 e. The van der Waals surface area contributed by atoms with Crippen LogP contribution < -0.4 is 10.6 Å². The molecule has 0 fully saturated rings. The number of hydrogen-bond acceptors (Lipinski definition) is 6. The number of benzene rings is 1. The number of hydrogen-bond donors (Lipinski definition) is 2. The Bertz CT molecular complexity index is 683. The number of nitrogens with one attached hydrogen (secondary N) is 2. The van der Waals surface area contributed by atoms with Crippen LogP contribution in [0.25, 0.3) is 0 Å². The van der Waals surface area contributed by atoms with Gasteiger partial charge in [0, 0.05) is 12.2 Å². The molecule has 0 bridgehead atoms. The van der Waals surface area contributed by atoms with Crippen LogP contribution in [0.2, 0.25) is 0 Å². The Morgan fingerprint density at radius 1 is 1.38 bits per heavy atom. The fourth-order valence-corrected chi connectivity index (χ4v) is 2.03. The van der Waals surface area contributed by atoms with Gasteiger partial charge in [0.05, 0.1) is 9.40 Å². The van der Waals surface area contributed by atoms with Gasteiger partial charge >= 0.3 is 5.69 Å². The standard InChI is InChI=1S/C12H11BrFN5O2/c1-2-15-11-10(19(20)21)12(17-6-16-11)18-7-3-4-9(14)8(13)5-7/h3-6H,2H2,1H3,(H2,15,16,17,18). The second-order valence-electron chi connectivity index (χ2n) is 3.96. The third kappa shape index (κ3) is 3.43. The molecule has 0 saturated heterocycles. The molecule has 1 aromatic heterocycles. The summed E-state index contributed by atoms with van der Waals surface area (Å²) in [5.41, 5.74) is 0.201. The largest absolute Gasteiger partial charge is 0.364 e. The summed E-state index contributed by atoms with van der Waals surface area (Å²) in [6, 6.07) is 4.16. The van der Waals surface area contributed by atoms with Crippen LogP contribution in [0.1, 0.15) is 6.92 Å². The third-order valence-electron chi connectivity index (χ3n) is 2.53. The first-order chi connectivity index (χ1) is 10.0. The van der Waals surface area contributed by atoms with E-state index >= 15 is 0 Å². The SMILES string of the molecule is CCNc1ncnc(Nc2ccc(F)c(Br)c2)c1[N+](=O)[O-]. The molecule has 0 aliphatic carbocycles. The van der Waals surface area contributed by atoms with Gasteiger partial charge in [-0.05, 0) is 41.1 Å². The van der Waals surface area contributed by atoms with Gasteiger partial charge in [-0.15, -0.1) is 0 Å². The summed E-state index contributed by atoms with van der Waals surface area (Å²) in [5.74, 6) is -0.267. The van der Waals surface area contributed by atoms with E-state index in [0.29, 0.717) is 12.2 Å². The van der Waals surface area contributed by atoms with Crippen molar-refractivity contribution in [2.75, 3.05) is 17.2 Å². The lowest BCUT2D eigenvalue weighted by Gasteiger charge is -2.09. The summed E-state index contributed by atoms with van der Waals surface area (Å²) in [6.45, 7) is 2.29. The first-order valence-corrected chi connectivity index (χ1v) is 6.77.